The van der Waals surface area contributed by atoms with E-state index in [-0.39, 0.29) is 11.8 Å². The van der Waals surface area contributed by atoms with Gasteiger partial charge < -0.3 is 15.7 Å². The molecule has 0 radical (unpaired) electrons. The number of rotatable bonds is 4. The molecule has 4 nitrogen and oxygen atoms in total. The van der Waals surface area contributed by atoms with Crippen LogP contribution < -0.4 is 10.6 Å². The van der Waals surface area contributed by atoms with Gasteiger partial charge in [-0.3, -0.25) is 0 Å². The Bertz CT molecular complexity index is 579. The lowest BCUT2D eigenvalue weighted by molar-refractivity contribution is 0.252. The topological polar surface area (TPSA) is 61.4 Å². The molecule has 0 saturated carbocycles. The van der Waals surface area contributed by atoms with Crippen molar-refractivity contribution >= 4 is 11.7 Å². The largest absolute Gasteiger partial charge is 0.508 e. The van der Waals surface area contributed by atoms with Crippen molar-refractivity contribution in [3.63, 3.8) is 0 Å². The van der Waals surface area contributed by atoms with E-state index in [1.807, 2.05) is 37.3 Å². The highest BCUT2D eigenvalue weighted by atomic mass is 16.3. The fraction of sp³-hybridized carbons (Fsp3) is 0.188. The number of benzene rings is 2. The molecule has 0 aromatic heterocycles. The summed E-state index contributed by atoms with van der Waals surface area (Å²) in [5.41, 5.74) is 2.91. The SMILES string of the molecule is Cc1ccc(NC(=O)NCCc2cccc(O)c2)cc1. The number of urea groups is 1. The predicted octanol–water partition coefficient (Wildman–Crippen LogP) is 3.06. The Morgan fingerprint density at radius 3 is 2.60 bits per heavy atom. The minimum absolute atomic E-state index is 0.228. The fourth-order valence-corrected chi connectivity index (χ4v) is 1.84. The molecule has 0 unspecified atom stereocenters. The van der Waals surface area contributed by atoms with Crippen molar-refractivity contribution in [3.8, 4) is 5.75 Å². The molecule has 3 N–H and O–H groups in total. The highest BCUT2D eigenvalue weighted by Gasteiger charge is 2.01. The normalized spacial score (nSPS) is 10.1. The summed E-state index contributed by atoms with van der Waals surface area (Å²) in [6.07, 6.45) is 0.676. The first-order chi connectivity index (χ1) is 9.63. The maximum absolute atomic E-state index is 11.7. The van der Waals surface area contributed by atoms with Crippen LogP contribution >= 0.6 is 0 Å². The van der Waals surface area contributed by atoms with Gasteiger partial charge in [0, 0.05) is 12.2 Å². The number of carbonyl (C=O) groups excluding carboxylic acids is 1. The third-order valence-electron chi connectivity index (χ3n) is 2.92. The van der Waals surface area contributed by atoms with Crippen molar-refractivity contribution in [3.05, 3.63) is 59.7 Å². The third kappa shape index (κ3) is 4.31. The number of aromatic hydroxyl groups is 1. The molecule has 0 spiro atoms. The Morgan fingerprint density at radius 2 is 1.90 bits per heavy atom. The number of carbonyl (C=O) groups is 1. The van der Waals surface area contributed by atoms with Crippen LogP contribution in [-0.4, -0.2) is 17.7 Å². The van der Waals surface area contributed by atoms with Crippen molar-refractivity contribution in [2.24, 2.45) is 0 Å². The summed E-state index contributed by atoms with van der Waals surface area (Å²) in [5, 5.41) is 14.9. The molecule has 0 aliphatic heterocycles. The molecule has 0 aliphatic rings. The van der Waals surface area contributed by atoms with Gasteiger partial charge in [0.05, 0.1) is 0 Å². The quantitative estimate of drug-likeness (QED) is 0.799. The Morgan fingerprint density at radius 1 is 1.15 bits per heavy atom. The molecule has 0 saturated heterocycles. The molecule has 4 heteroatoms. The number of amides is 2. The Kier molecular flexibility index (Phi) is 4.60. The van der Waals surface area contributed by atoms with Crippen LogP contribution in [0.15, 0.2) is 48.5 Å². The summed E-state index contributed by atoms with van der Waals surface area (Å²) in [6.45, 7) is 2.51. The molecule has 2 aromatic carbocycles. The van der Waals surface area contributed by atoms with Crippen LogP contribution in [0.3, 0.4) is 0 Å². The molecule has 0 fully saturated rings. The smallest absolute Gasteiger partial charge is 0.319 e. The zero-order valence-electron chi connectivity index (χ0n) is 11.4. The highest BCUT2D eigenvalue weighted by Crippen LogP contribution is 2.11. The number of hydrogen-bond acceptors (Lipinski definition) is 2. The van der Waals surface area contributed by atoms with Gasteiger partial charge in [-0.2, -0.15) is 0 Å². The van der Waals surface area contributed by atoms with Crippen LogP contribution in [0.2, 0.25) is 0 Å². The summed E-state index contributed by atoms with van der Waals surface area (Å²) in [7, 11) is 0. The summed E-state index contributed by atoms with van der Waals surface area (Å²) < 4.78 is 0. The van der Waals surface area contributed by atoms with Crippen LogP contribution in [0.5, 0.6) is 5.75 Å². The van der Waals surface area contributed by atoms with Gasteiger partial charge in [0.2, 0.25) is 0 Å². The number of phenolic OH excluding ortho intramolecular Hbond substituents is 1. The molecule has 0 bridgehead atoms. The van der Waals surface area contributed by atoms with E-state index in [1.54, 1.807) is 18.2 Å². The standard InChI is InChI=1S/C16H18N2O2/c1-12-5-7-14(8-6-12)18-16(20)17-10-9-13-3-2-4-15(19)11-13/h2-8,11,19H,9-10H2,1H3,(H2,17,18,20). The van der Waals surface area contributed by atoms with Crippen molar-refractivity contribution in [1.82, 2.24) is 5.32 Å². The molecule has 2 rings (SSSR count). The first-order valence-electron chi connectivity index (χ1n) is 6.53. The lowest BCUT2D eigenvalue weighted by Gasteiger charge is -2.08. The first kappa shape index (κ1) is 13.9. The average molecular weight is 270 g/mol. The number of nitrogens with one attached hydrogen (secondary N) is 2. The van der Waals surface area contributed by atoms with Crippen LogP contribution in [0.1, 0.15) is 11.1 Å². The lowest BCUT2D eigenvalue weighted by atomic mass is 10.1. The van der Waals surface area contributed by atoms with Gasteiger partial charge in [0.25, 0.3) is 0 Å². The van der Waals surface area contributed by atoms with E-state index in [2.05, 4.69) is 10.6 Å². The van der Waals surface area contributed by atoms with Gasteiger partial charge in [-0.05, 0) is 43.2 Å². The van der Waals surface area contributed by atoms with E-state index in [0.29, 0.717) is 13.0 Å². The Labute approximate surface area is 118 Å². The van der Waals surface area contributed by atoms with E-state index in [1.165, 1.54) is 0 Å². The molecular weight excluding hydrogens is 252 g/mol. The van der Waals surface area contributed by atoms with E-state index in [9.17, 15) is 9.90 Å². The maximum atomic E-state index is 11.7. The Balaban J connectivity index is 1.76. The van der Waals surface area contributed by atoms with Crippen LogP contribution in [-0.2, 0) is 6.42 Å². The second-order valence-electron chi connectivity index (χ2n) is 4.67. The number of hydrogen-bond donors (Lipinski definition) is 3. The van der Waals surface area contributed by atoms with E-state index >= 15 is 0 Å². The van der Waals surface area contributed by atoms with Gasteiger partial charge in [0.15, 0.2) is 0 Å². The predicted molar refractivity (Wildman–Crippen MR) is 80.0 cm³/mol. The molecule has 2 amide bonds. The maximum Gasteiger partial charge on any atom is 0.319 e. The molecule has 2 aromatic rings. The number of phenols is 1. The average Bonchev–Trinajstić information content (AvgIpc) is 2.41. The van der Waals surface area contributed by atoms with Gasteiger partial charge >= 0.3 is 6.03 Å². The van der Waals surface area contributed by atoms with Crippen LogP contribution in [0, 0.1) is 6.92 Å². The van der Waals surface area contributed by atoms with Crippen molar-refractivity contribution in [2.75, 3.05) is 11.9 Å². The summed E-state index contributed by atoms with van der Waals surface area (Å²) >= 11 is 0. The van der Waals surface area contributed by atoms with E-state index in [4.69, 9.17) is 0 Å². The zero-order valence-corrected chi connectivity index (χ0v) is 11.4. The minimum Gasteiger partial charge on any atom is -0.508 e. The molecule has 104 valence electrons. The Hall–Kier alpha value is -2.49. The minimum atomic E-state index is -0.228. The van der Waals surface area contributed by atoms with E-state index in [0.717, 1.165) is 16.8 Å². The van der Waals surface area contributed by atoms with Gasteiger partial charge in [-0.15, -0.1) is 0 Å². The van der Waals surface area contributed by atoms with Gasteiger partial charge in [-0.25, -0.2) is 4.79 Å². The summed E-state index contributed by atoms with van der Waals surface area (Å²) in [4.78, 5) is 11.7. The molecule has 0 aliphatic carbocycles. The molecule has 0 heterocycles. The molecule has 0 atom stereocenters. The number of anilines is 1. The van der Waals surface area contributed by atoms with Gasteiger partial charge in [0.1, 0.15) is 5.75 Å². The number of aryl methyl sites for hydroxylation is 1. The summed E-state index contributed by atoms with van der Waals surface area (Å²) in [5.74, 6) is 0.242. The third-order valence-corrected chi connectivity index (χ3v) is 2.92. The first-order valence-corrected chi connectivity index (χ1v) is 6.53. The van der Waals surface area contributed by atoms with Crippen molar-refractivity contribution in [2.45, 2.75) is 13.3 Å². The van der Waals surface area contributed by atoms with Gasteiger partial charge in [-0.1, -0.05) is 29.8 Å². The monoisotopic (exact) mass is 270 g/mol. The highest BCUT2D eigenvalue weighted by molar-refractivity contribution is 5.89. The van der Waals surface area contributed by atoms with Crippen molar-refractivity contribution in [1.29, 1.82) is 0 Å². The lowest BCUT2D eigenvalue weighted by Crippen LogP contribution is -2.30. The summed E-state index contributed by atoms with van der Waals surface area (Å²) in [6, 6.07) is 14.4. The van der Waals surface area contributed by atoms with Crippen LogP contribution in [0.25, 0.3) is 0 Å². The van der Waals surface area contributed by atoms with E-state index < -0.39 is 0 Å². The zero-order chi connectivity index (χ0) is 14.4. The fourth-order valence-electron chi connectivity index (χ4n) is 1.84. The molecule has 20 heavy (non-hydrogen) atoms. The van der Waals surface area contributed by atoms with Crippen LogP contribution in [0.4, 0.5) is 10.5 Å². The molecular formula is C16H18N2O2. The second kappa shape index (κ2) is 6.61. The second-order valence-corrected chi connectivity index (χ2v) is 4.67. The van der Waals surface area contributed by atoms with Crippen molar-refractivity contribution < 1.29 is 9.90 Å².